The summed E-state index contributed by atoms with van der Waals surface area (Å²) in [6.45, 7) is 2.34. The summed E-state index contributed by atoms with van der Waals surface area (Å²) in [4.78, 5) is 2.58. The van der Waals surface area contributed by atoms with Gasteiger partial charge in [-0.2, -0.15) is 0 Å². The summed E-state index contributed by atoms with van der Waals surface area (Å²) < 4.78 is 0. The first-order chi connectivity index (χ1) is 8.22. The molecule has 1 aromatic rings. The molecular formula is C13H16Cl2N2. The summed E-state index contributed by atoms with van der Waals surface area (Å²) >= 11 is 12.1. The molecule has 1 heterocycles. The fourth-order valence-corrected chi connectivity index (χ4v) is 2.85. The van der Waals surface area contributed by atoms with Crippen molar-refractivity contribution in [3.05, 3.63) is 28.2 Å². The maximum atomic E-state index is 6.15. The van der Waals surface area contributed by atoms with Crippen molar-refractivity contribution in [3.8, 4) is 0 Å². The summed E-state index contributed by atoms with van der Waals surface area (Å²) in [7, 11) is 0. The molecule has 2 fully saturated rings. The molecule has 3 rings (SSSR count). The van der Waals surface area contributed by atoms with Crippen LogP contribution in [0.3, 0.4) is 0 Å². The number of halogens is 2. The Morgan fingerprint density at radius 1 is 1.18 bits per heavy atom. The van der Waals surface area contributed by atoms with Crippen molar-refractivity contribution in [2.24, 2.45) is 0 Å². The molecule has 2 aliphatic rings. The Morgan fingerprint density at radius 2 is 2.00 bits per heavy atom. The van der Waals surface area contributed by atoms with E-state index in [1.54, 1.807) is 0 Å². The highest BCUT2D eigenvalue weighted by Crippen LogP contribution is 2.32. The second kappa shape index (κ2) is 4.68. The van der Waals surface area contributed by atoms with Gasteiger partial charge in [0.2, 0.25) is 0 Å². The largest absolute Gasteiger partial charge is 0.380 e. The maximum absolute atomic E-state index is 6.15. The highest BCUT2D eigenvalue weighted by molar-refractivity contribution is 6.35. The van der Waals surface area contributed by atoms with Crippen LogP contribution in [0.15, 0.2) is 18.2 Å². The topological polar surface area (TPSA) is 15.3 Å². The zero-order valence-corrected chi connectivity index (χ0v) is 11.1. The molecule has 0 amide bonds. The second-order valence-corrected chi connectivity index (χ2v) is 5.82. The van der Waals surface area contributed by atoms with Gasteiger partial charge in [-0.3, -0.25) is 4.90 Å². The Labute approximate surface area is 112 Å². The van der Waals surface area contributed by atoms with Crippen LogP contribution in [0.4, 0.5) is 5.69 Å². The van der Waals surface area contributed by atoms with Crippen LogP contribution in [-0.2, 0) is 0 Å². The average molecular weight is 271 g/mol. The van der Waals surface area contributed by atoms with Crippen LogP contribution < -0.4 is 5.32 Å². The third kappa shape index (κ3) is 2.70. The molecule has 0 spiro atoms. The monoisotopic (exact) mass is 270 g/mol. The van der Waals surface area contributed by atoms with Crippen molar-refractivity contribution in [2.45, 2.75) is 31.3 Å². The van der Waals surface area contributed by atoms with Crippen molar-refractivity contribution in [1.82, 2.24) is 4.90 Å². The van der Waals surface area contributed by atoms with E-state index in [-0.39, 0.29) is 0 Å². The van der Waals surface area contributed by atoms with Crippen LogP contribution >= 0.6 is 23.2 Å². The van der Waals surface area contributed by atoms with E-state index in [4.69, 9.17) is 23.2 Å². The van der Waals surface area contributed by atoms with E-state index in [0.29, 0.717) is 6.04 Å². The predicted molar refractivity (Wildman–Crippen MR) is 73.1 cm³/mol. The zero-order valence-electron chi connectivity index (χ0n) is 9.63. The van der Waals surface area contributed by atoms with E-state index in [1.807, 2.05) is 18.2 Å². The molecule has 1 N–H and O–H groups in total. The number of hydrogen-bond donors (Lipinski definition) is 1. The highest BCUT2D eigenvalue weighted by Gasteiger charge is 2.34. The minimum absolute atomic E-state index is 0.506. The fraction of sp³-hybridized carbons (Fsp3) is 0.538. The standard InChI is InChI=1S/C13H16Cl2N2/c14-9-1-4-12(15)13(7-9)16-10-5-6-17(8-10)11-2-3-11/h1,4,7,10-11,16H,2-3,5-6,8H2. The molecule has 92 valence electrons. The first-order valence-electron chi connectivity index (χ1n) is 6.18. The van der Waals surface area contributed by atoms with Crippen molar-refractivity contribution >= 4 is 28.9 Å². The minimum atomic E-state index is 0.506. The van der Waals surface area contributed by atoms with Crippen molar-refractivity contribution in [3.63, 3.8) is 0 Å². The Morgan fingerprint density at radius 3 is 2.76 bits per heavy atom. The maximum Gasteiger partial charge on any atom is 0.0638 e. The fourth-order valence-electron chi connectivity index (χ4n) is 2.50. The number of anilines is 1. The third-order valence-electron chi connectivity index (χ3n) is 3.57. The average Bonchev–Trinajstić information content (AvgIpc) is 3.05. The molecule has 1 aliphatic heterocycles. The molecule has 0 radical (unpaired) electrons. The Kier molecular flexibility index (Phi) is 3.20. The summed E-state index contributed by atoms with van der Waals surface area (Å²) in [5.74, 6) is 0. The van der Waals surface area contributed by atoms with Gasteiger partial charge >= 0.3 is 0 Å². The van der Waals surface area contributed by atoms with Crippen LogP contribution in [0.5, 0.6) is 0 Å². The molecule has 2 nitrogen and oxygen atoms in total. The first-order valence-corrected chi connectivity index (χ1v) is 6.93. The first kappa shape index (κ1) is 11.6. The third-order valence-corrected chi connectivity index (χ3v) is 4.14. The van der Waals surface area contributed by atoms with E-state index in [9.17, 15) is 0 Å². The van der Waals surface area contributed by atoms with Gasteiger partial charge in [0.1, 0.15) is 0 Å². The summed E-state index contributed by atoms with van der Waals surface area (Å²) in [5.41, 5.74) is 0.960. The van der Waals surface area contributed by atoms with E-state index in [2.05, 4.69) is 10.2 Å². The van der Waals surface area contributed by atoms with Crippen LogP contribution in [-0.4, -0.2) is 30.1 Å². The lowest BCUT2D eigenvalue weighted by atomic mass is 10.2. The quantitative estimate of drug-likeness (QED) is 0.902. The smallest absolute Gasteiger partial charge is 0.0638 e. The van der Waals surface area contributed by atoms with E-state index in [0.717, 1.165) is 28.3 Å². The molecule has 1 saturated carbocycles. The molecule has 0 aromatic heterocycles. The molecule has 4 heteroatoms. The number of hydrogen-bond acceptors (Lipinski definition) is 2. The Bertz CT molecular complexity index is 418. The molecule has 1 atom stereocenters. The number of nitrogens with one attached hydrogen (secondary N) is 1. The van der Waals surface area contributed by atoms with Crippen molar-refractivity contribution < 1.29 is 0 Å². The summed E-state index contributed by atoms with van der Waals surface area (Å²) in [6, 6.07) is 6.94. The van der Waals surface area contributed by atoms with Crippen LogP contribution in [0.25, 0.3) is 0 Å². The van der Waals surface area contributed by atoms with Gasteiger partial charge in [-0.05, 0) is 37.5 Å². The highest BCUT2D eigenvalue weighted by atomic mass is 35.5. The van der Waals surface area contributed by atoms with Crippen LogP contribution in [0, 0.1) is 0 Å². The van der Waals surface area contributed by atoms with Gasteiger partial charge in [0, 0.05) is 30.2 Å². The van der Waals surface area contributed by atoms with Gasteiger partial charge < -0.3 is 5.32 Å². The van der Waals surface area contributed by atoms with E-state index >= 15 is 0 Å². The van der Waals surface area contributed by atoms with Gasteiger partial charge in [-0.1, -0.05) is 23.2 Å². The van der Waals surface area contributed by atoms with Gasteiger partial charge in [0.05, 0.1) is 10.7 Å². The molecule has 1 aromatic carbocycles. The Hall–Kier alpha value is -0.440. The molecule has 1 unspecified atom stereocenters. The minimum Gasteiger partial charge on any atom is -0.380 e. The van der Waals surface area contributed by atoms with Gasteiger partial charge in [-0.15, -0.1) is 0 Å². The number of nitrogens with zero attached hydrogens (tertiary/aromatic N) is 1. The number of benzene rings is 1. The summed E-state index contributed by atoms with van der Waals surface area (Å²) in [5, 5.41) is 4.98. The lowest BCUT2D eigenvalue weighted by molar-refractivity contribution is 0.326. The molecule has 17 heavy (non-hydrogen) atoms. The predicted octanol–water partition coefficient (Wildman–Crippen LogP) is 3.64. The van der Waals surface area contributed by atoms with Crippen molar-refractivity contribution in [2.75, 3.05) is 18.4 Å². The van der Waals surface area contributed by atoms with E-state index < -0.39 is 0 Å². The number of likely N-dealkylation sites (tertiary alicyclic amines) is 1. The van der Waals surface area contributed by atoms with Crippen LogP contribution in [0.2, 0.25) is 10.0 Å². The molecular weight excluding hydrogens is 255 g/mol. The van der Waals surface area contributed by atoms with Gasteiger partial charge in [-0.25, -0.2) is 0 Å². The van der Waals surface area contributed by atoms with E-state index in [1.165, 1.54) is 25.8 Å². The molecule has 1 saturated heterocycles. The lowest BCUT2D eigenvalue weighted by Gasteiger charge is -2.17. The normalized spacial score (nSPS) is 25.2. The molecule has 1 aliphatic carbocycles. The lowest BCUT2D eigenvalue weighted by Crippen LogP contribution is -2.27. The summed E-state index contributed by atoms with van der Waals surface area (Å²) in [6.07, 6.45) is 3.95. The molecule has 0 bridgehead atoms. The second-order valence-electron chi connectivity index (χ2n) is 4.98. The number of rotatable bonds is 3. The van der Waals surface area contributed by atoms with Gasteiger partial charge in [0.15, 0.2) is 0 Å². The zero-order chi connectivity index (χ0) is 11.8. The van der Waals surface area contributed by atoms with Crippen LogP contribution in [0.1, 0.15) is 19.3 Å². The SMILES string of the molecule is Clc1ccc(Cl)c(NC2CCN(C3CC3)C2)c1. The Balaban J connectivity index is 1.64. The van der Waals surface area contributed by atoms with Gasteiger partial charge in [0.25, 0.3) is 0 Å². The van der Waals surface area contributed by atoms with Crippen molar-refractivity contribution in [1.29, 1.82) is 0 Å².